The molecule has 0 atom stereocenters. The van der Waals surface area contributed by atoms with Gasteiger partial charge in [-0.1, -0.05) is 58.8 Å². The summed E-state index contributed by atoms with van der Waals surface area (Å²) in [6, 6.07) is 4.26. The lowest BCUT2D eigenvalue weighted by atomic mass is 10.2. The van der Waals surface area contributed by atoms with Crippen molar-refractivity contribution in [2.24, 2.45) is 0 Å². The Hall–Kier alpha value is -1.58. The van der Waals surface area contributed by atoms with Crippen molar-refractivity contribution in [1.82, 2.24) is 0 Å². The lowest BCUT2D eigenvalue weighted by molar-refractivity contribution is 0.0497. The van der Waals surface area contributed by atoms with Gasteiger partial charge in [-0.25, -0.2) is 9.18 Å². The van der Waals surface area contributed by atoms with Crippen LogP contribution in [0.4, 0.5) is 4.39 Å². The van der Waals surface area contributed by atoms with Crippen LogP contribution in [0.2, 0.25) is 0 Å². The van der Waals surface area contributed by atoms with Crippen molar-refractivity contribution >= 4 is 5.97 Å². The summed E-state index contributed by atoms with van der Waals surface area (Å²) in [4.78, 5) is 11.9. The highest BCUT2D eigenvalue weighted by Crippen LogP contribution is 2.19. The molecule has 1 aromatic rings. The molecule has 0 spiro atoms. The van der Waals surface area contributed by atoms with Crippen LogP contribution >= 0.6 is 0 Å². The number of ether oxygens (including phenoxy) is 2. The molecule has 0 bridgehead atoms. The van der Waals surface area contributed by atoms with Gasteiger partial charge in [-0.05, 0) is 31.0 Å². The van der Waals surface area contributed by atoms with E-state index in [-0.39, 0.29) is 11.3 Å². The standard InChI is InChI=1S/C20H31FO3/c1-3-5-7-9-11-14-23-19-13-12-17(16-18(19)21)20(22)24-15-10-8-6-4-2/h12-13,16H,3-11,14-15H2,1-2H3. The average Bonchev–Trinajstić information content (AvgIpc) is 2.58. The van der Waals surface area contributed by atoms with E-state index in [0.29, 0.717) is 13.2 Å². The minimum atomic E-state index is -0.510. The highest BCUT2D eigenvalue weighted by atomic mass is 19.1. The fourth-order valence-electron chi connectivity index (χ4n) is 2.41. The lowest BCUT2D eigenvalue weighted by Crippen LogP contribution is -2.07. The third-order valence-electron chi connectivity index (χ3n) is 3.90. The molecule has 0 unspecified atom stereocenters. The van der Waals surface area contributed by atoms with Crippen LogP contribution in [-0.2, 0) is 4.74 Å². The first-order chi connectivity index (χ1) is 11.7. The van der Waals surface area contributed by atoms with E-state index in [1.807, 2.05) is 0 Å². The molecule has 0 aliphatic heterocycles. The fraction of sp³-hybridized carbons (Fsp3) is 0.650. The summed E-state index contributed by atoms with van der Waals surface area (Å²) in [6.45, 7) is 5.19. The van der Waals surface area contributed by atoms with E-state index in [0.717, 1.165) is 38.5 Å². The molecular formula is C20H31FO3. The molecule has 1 rings (SSSR count). The van der Waals surface area contributed by atoms with E-state index in [1.54, 1.807) is 6.07 Å². The normalized spacial score (nSPS) is 10.6. The topological polar surface area (TPSA) is 35.5 Å². The number of esters is 1. The van der Waals surface area contributed by atoms with Gasteiger partial charge in [0.2, 0.25) is 0 Å². The number of halogens is 1. The van der Waals surface area contributed by atoms with Crippen LogP contribution in [-0.4, -0.2) is 19.2 Å². The van der Waals surface area contributed by atoms with E-state index >= 15 is 0 Å². The quantitative estimate of drug-likeness (QED) is 0.331. The van der Waals surface area contributed by atoms with Gasteiger partial charge in [0.15, 0.2) is 11.6 Å². The Bertz CT molecular complexity index is 474. The molecule has 0 N–H and O–H groups in total. The van der Waals surface area contributed by atoms with E-state index in [2.05, 4.69) is 13.8 Å². The predicted molar refractivity (Wildman–Crippen MR) is 95.1 cm³/mol. The molecule has 1 aromatic carbocycles. The van der Waals surface area contributed by atoms with Gasteiger partial charge in [0, 0.05) is 0 Å². The SMILES string of the molecule is CCCCCCCOc1ccc(C(=O)OCCCCCC)cc1F. The van der Waals surface area contributed by atoms with Gasteiger partial charge in [-0.3, -0.25) is 0 Å². The molecule has 136 valence electrons. The molecule has 0 amide bonds. The van der Waals surface area contributed by atoms with Gasteiger partial charge in [0.1, 0.15) is 0 Å². The Labute approximate surface area is 145 Å². The highest BCUT2D eigenvalue weighted by molar-refractivity contribution is 5.89. The van der Waals surface area contributed by atoms with Crippen molar-refractivity contribution in [3.8, 4) is 5.75 Å². The van der Waals surface area contributed by atoms with Crippen molar-refractivity contribution in [2.75, 3.05) is 13.2 Å². The van der Waals surface area contributed by atoms with E-state index in [4.69, 9.17) is 9.47 Å². The van der Waals surface area contributed by atoms with Crippen LogP contribution in [0.1, 0.15) is 82.0 Å². The van der Waals surface area contributed by atoms with Crippen molar-refractivity contribution in [2.45, 2.75) is 71.6 Å². The average molecular weight is 338 g/mol. The summed E-state index contributed by atoms with van der Waals surface area (Å²) in [6.07, 6.45) is 9.79. The van der Waals surface area contributed by atoms with E-state index in [1.165, 1.54) is 31.4 Å². The summed E-state index contributed by atoms with van der Waals surface area (Å²) in [7, 11) is 0. The minimum Gasteiger partial charge on any atom is -0.491 e. The Balaban J connectivity index is 2.33. The first-order valence-electron chi connectivity index (χ1n) is 9.28. The molecule has 0 saturated carbocycles. The first-order valence-corrected chi connectivity index (χ1v) is 9.28. The molecule has 0 aliphatic rings. The van der Waals surface area contributed by atoms with Crippen LogP contribution in [0.5, 0.6) is 5.75 Å². The van der Waals surface area contributed by atoms with Crippen LogP contribution in [0.3, 0.4) is 0 Å². The maximum Gasteiger partial charge on any atom is 0.338 e. The number of rotatable bonds is 13. The maximum atomic E-state index is 14.0. The molecule has 0 fully saturated rings. The number of benzene rings is 1. The molecule has 0 aromatic heterocycles. The molecule has 0 aliphatic carbocycles. The summed E-state index contributed by atoms with van der Waals surface area (Å²) in [5.41, 5.74) is 0.235. The number of unbranched alkanes of at least 4 members (excludes halogenated alkanes) is 7. The second-order valence-corrected chi connectivity index (χ2v) is 6.10. The first kappa shape index (κ1) is 20.5. The van der Waals surface area contributed by atoms with Gasteiger partial charge in [0.25, 0.3) is 0 Å². The van der Waals surface area contributed by atoms with E-state index < -0.39 is 11.8 Å². The molecule has 0 radical (unpaired) electrons. The van der Waals surface area contributed by atoms with Crippen LogP contribution < -0.4 is 4.74 Å². The summed E-state index contributed by atoms with van der Waals surface area (Å²) in [5, 5.41) is 0. The Morgan fingerprint density at radius 3 is 2.21 bits per heavy atom. The highest BCUT2D eigenvalue weighted by Gasteiger charge is 2.11. The summed E-state index contributed by atoms with van der Waals surface area (Å²) >= 11 is 0. The number of hydrogen-bond donors (Lipinski definition) is 0. The van der Waals surface area contributed by atoms with Gasteiger partial charge < -0.3 is 9.47 Å². The zero-order chi connectivity index (χ0) is 17.6. The zero-order valence-corrected chi connectivity index (χ0v) is 15.1. The third-order valence-corrected chi connectivity index (χ3v) is 3.90. The van der Waals surface area contributed by atoms with Gasteiger partial charge >= 0.3 is 5.97 Å². The van der Waals surface area contributed by atoms with Gasteiger partial charge in [-0.2, -0.15) is 0 Å². The maximum absolute atomic E-state index is 14.0. The molecule has 4 heteroatoms. The second-order valence-electron chi connectivity index (χ2n) is 6.10. The molecule has 0 heterocycles. The van der Waals surface area contributed by atoms with Crippen LogP contribution in [0.15, 0.2) is 18.2 Å². The monoisotopic (exact) mass is 338 g/mol. The van der Waals surface area contributed by atoms with Crippen LogP contribution in [0, 0.1) is 5.82 Å². The largest absolute Gasteiger partial charge is 0.491 e. The fourth-order valence-corrected chi connectivity index (χ4v) is 2.41. The smallest absolute Gasteiger partial charge is 0.338 e. The Kier molecular flexibility index (Phi) is 10.9. The van der Waals surface area contributed by atoms with Gasteiger partial charge in [-0.15, -0.1) is 0 Å². The molecule has 0 saturated heterocycles. The van der Waals surface area contributed by atoms with Crippen molar-refractivity contribution in [3.05, 3.63) is 29.6 Å². The second kappa shape index (κ2) is 12.8. The number of carbonyl (C=O) groups is 1. The minimum absolute atomic E-state index is 0.199. The molecule has 24 heavy (non-hydrogen) atoms. The summed E-state index contributed by atoms with van der Waals surface area (Å²) in [5.74, 6) is -0.787. The van der Waals surface area contributed by atoms with Crippen molar-refractivity contribution in [3.63, 3.8) is 0 Å². The Morgan fingerprint density at radius 1 is 0.917 bits per heavy atom. The predicted octanol–water partition coefficient (Wildman–Crippen LogP) is 5.91. The zero-order valence-electron chi connectivity index (χ0n) is 15.1. The van der Waals surface area contributed by atoms with E-state index in [9.17, 15) is 9.18 Å². The van der Waals surface area contributed by atoms with Crippen molar-refractivity contribution < 1.29 is 18.7 Å². The molecular weight excluding hydrogens is 307 g/mol. The number of hydrogen-bond acceptors (Lipinski definition) is 3. The summed E-state index contributed by atoms with van der Waals surface area (Å²) < 4.78 is 24.6. The number of carbonyl (C=O) groups excluding carboxylic acids is 1. The Morgan fingerprint density at radius 2 is 1.54 bits per heavy atom. The third kappa shape index (κ3) is 8.32. The van der Waals surface area contributed by atoms with Crippen LogP contribution in [0.25, 0.3) is 0 Å². The van der Waals surface area contributed by atoms with Crippen molar-refractivity contribution in [1.29, 1.82) is 0 Å². The lowest BCUT2D eigenvalue weighted by Gasteiger charge is -2.09. The van der Waals surface area contributed by atoms with Gasteiger partial charge in [0.05, 0.1) is 18.8 Å². The molecule has 3 nitrogen and oxygen atoms in total.